The van der Waals surface area contributed by atoms with Crippen molar-refractivity contribution in [2.45, 2.75) is 12.3 Å². The Morgan fingerprint density at radius 1 is 0.441 bits per heavy atom. The first-order valence-corrected chi connectivity index (χ1v) is 20.0. The molecule has 0 amide bonds. The minimum atomic E-state index is 0.161. The van der Waals surface area contributed by atoms with Crippen LogP contribution in [0.5, 0.6) is 0 Å². The van der Waals surface area contributed by atoms with Gasteiger partial charge in [0.25, 0.3) is 0 Å². The molecule has 0 spiro atoms. The molecule has 12 aromatic rings. The summed E-state index contributed by atoms with van der Waals surface area (Å²) in [4.78, 5) is 15.9. The molecule has 8 aromatic carbocycles. The van der Waals surface area contributed by atoms with Gasteiger partial charge in [-0.2, -0.15) is 9.97 Å². The van der Waals surface area contributed by atoms with Crippen LogP contribution in [0.3, 0.4) is 0 Å². The van der Waals surface area contributed by atoms with Gasteiger partial charge in [0, 0.05) is 43.8 Å². The lowest BCUT2D eigenvalue weighted by Crippen LogP contribution is -2.12. The molecular formula is C53H32N4O2. The summed E-state index contributed by atoms with van der Waals surface area (Å²) in [6.07, 6.45) is 0.911. The smallest absolute Gasteiger partial charge is 0.238 e. The molecule has 0 aliphatic heterocycles. The summed E-state index contributed by atoms with van der Waals surface area (Å²) in [7, 11) is 0. The molecular weight excluding hydrogens is 725 g/mol. The van der Waals surface area contributed by atoms with E-state index in [2.05, 4.69) is 150 Å². The van der Waals surface area contributed by atoms with Gasteiger partial charge in [-0.15, -0.1) is 0 Å². The largest absolute Gasteiger partial charge is 0.456 e. The van der Waals surface area contributed by atoms with Crippen LogP contribution in [0.1, 0.15) is 22.6 Å². The molecule has 4 aromatic heterocycles. The lowest BCUT2D eigenvalue weighted by molar-refractivity contribution is 0.668. The predicted molar refractivity (Wildman–Crippen MR) is 237 cm³/mol. The number of nitrogens with zero attached hydrogens (tertiary/aromatic N) is 4. The van der Waals surface area contributed by atoms with Crippen molar-refractivity contribution < 1.29 is 8.83 Å². The zero-order chi connectivity index (χ0) is 38.6. The van der Waals surface area contributed by atoms with Gasteiger partial charge in [-0.3, -0.25) is 4.57 Å². The molecule has 276 valence electrons. The standard InChI is InChI=1S/C53H32N4O2/c1-2-14-33-31(13-1)29-42(35-16-4-3-15-34(33)35)39-20-12-26-48-49(39)40-21-11-22-41(50(40)59-48)52-54-51(32-27-28-47-43(30-32)38-19-7-10-25-46(38)58-47)55-53(56-52)57-44-23-8-5-17-36(44)37-18-6-9-24-45(37)57/h1-28,30,42H,29H2. The molecule has 4 heterocycles. The minimum Gasteiger partial charge on any atom is -0.456 e. The Balaban J connectivity index is 1.05. The van der Waals surface area contributed by atoms with E-state index in [0.29, 0.717) is 17.6 Å². The van der Waals surface area contributed by atoms with Crippen LogP contribution in [-0.4, -0.2) is 19.5 Å². The molecule has 6 heteroatoms. The van der Waals surface area contributed by atoms with Crippen LogP contribution in [-0.2, 0) is 6.42 Å². The highest BCUT2D eigenvalue weighted by Crippen LogP contribution is 2.47. The summed E-state index contributed by atoms with van der Waals surface area (Å²) in [5.41, 5.74) is 13.5. The quantitative estimate of drug-likeness (QED) is 0.179. The van der Waals surface area contributed by atoms with Crippen LogP contribution in [0.15, 0.2) is 185 Å². The van der Waals surface area contributed by atoms with Gasteiger partial charge in [0.15, 0.2) is 11.6 Å². The molecule has 0 radical (unpaired) electrons. The Labute approximate surface area is 337 Å². The van der Waals surface area contributed by atoms with Crippen LogP contribution < -0.4 is 0 Å². The fourth-order valence-electron chi connectivity index (χ4n) is 9.67. The zero-order valence-corrected chi connectivity index (χ0v) is 31.6. The van der Waals surface area contributed by atoms with E-state index in [9.17, 15) is 0 Å². The highest BCUT2D eigenvalue weighted by molar-refractivity contribution is 6.12. The maximum absolute atomic E-state index is 6.92. The number of benzene rings is 8. The number of hydrogen-bond acceptors (Lipinski definition) is 5. The molecule has 59 heavy (non-hydrogen) atoms. The summed E-state index contributed by atoms with van der Waals surface area (Å²) in [5.74, 6) is 1.79. The molecule has 1 unspecified atom stereocenters. The van der Waals surface area contributed by atoms with E-state index in [1.807, 2.05) is 30.3 Å². The fourth-order valence-corrected chi connectivity index (χ4v) is 9.67. The summed E-state index contributed by atoms with van der Waals surface area (Å²) in [6, 6.07) is 61.6. The number of hydrogen-bond donors (Lipinski definition) is 0. The van der Waals surface area contributed by atoms with E-state index in [-0.39, 0.29) is 5.92 Å². The second-order valence-electron chi connectivity index (χ2n) is 15.5. The van der Waals surface area contributed by atoms with Gasteiger partial charge in [-0.05, 0) is 82.8 Å². The van der Waals surface area contributed by atoms with Crippen molar-refractivity contribution in [3.05, 3.63) is 193 Å². The fraction of sp³-hybridized carbons (Fsp3) is 0.0377. The van der Waals surface area contributed by atoms with E-state index in [1.54, 1.807) is 0 Å². The first-order valence-electron chi connectivity index (χ1n) is 20.0. The van der Waals surface area contributed by atoms with E-state index in [1.165, 1.54) is 27.8 Å². The van der Waals surface area contributed by atoms with E-state index in [4.69, 9.17) is 23.8 Å². The lowest BCUT2D eigenvalue weighted by Gasteiger charge is -2.28. The molecule has 1 atom stereocenters. The van der Waals surface area contributed by atoms with Gasteiger partial charge in [0.05, 0.1) is 16.6 Å². The van der Waals surface area contributed by atoms with Gasteiger partial charge in [0.2, 0.25) is 5.95 Å². The summed E-state index contributed by atoms with van der Waals surface area (Å²) in [6.45, 7) is 0. The van der Waals surface area contributed by atoms with E-state index >= 15 is 0 Å². The van der Waals surface area contributed by atoms with Crippen molar-refractivity contribution in [1.29, 1.82) is 0 Å². The SMILES string of the molecule is c1ccc2c(c1)CC(c1cccc3oc4c(-c5nc(-c6ccc7oc8ccccc8c7c6)nc(-n6c7ccccc7c7ccccc76)n5)cccc4c13)c1ccccc1-2. The van der Waals surface area contributed by atoms with Crippen LogP contribution in [0.25, 0.3) is 106 Å². The highest BCUT2D eigenvalue weighted by Gasteiger charge is 2.29. The van der Waals surface area contributed by atoms with Crippen LogP contribution in [0, 0.1) is 0 Å². The van der Waals surface area contributed by atoms with Crippen molar-refractivity contribution in [3.63, 3.8) is 0 Å². The predicted octanol–water partition coefficient (Wildman–Crippen LogP) is 13.5. The Morgan fingerprint density at radius 2 is 1.07 bits per heavy atom. The Kier molecular flexibility index (Phi) is 6.75. The third-order valence-corrected chi connectivity index (χ3v) is 12.3. The number of aromatic nitrogens is 4. The second-order valence-corrected chi connectivity index (χ2v) is 15.5. The van der Waals surface area contributed by atoms with Gasteiger partial charge in [-0.25, -0.2) is 4.98 Å². The Bertz CT molecular complexity index is 3630. The average Bonchev–Trinajstić information content (AvgIpc) is 3.98. The van der Waals surface area contributed by atoms with E-state index in [0.717, 1.165) is 83.2 Å². The molecule has 1 aliphatic carbocycles. The van der Waals surface area contributed by atoms with Crippen LogP contribution in [0.4, 0.5) is 0 Å². The number of furan rings is 2. The first-order chi connectivity index (χ1) is 29.2. The topological polar surface area (TPSA) is 69.9 Å². The van der Waals surface area contributed by atoms with Crippen molar-refractivity contribution >= 4 is 65.7 Å². The van der Waals surface area contributed by atoms with Gasteiger partial charge < -0.3 is 8.83 Å². The number of fused-ring (bicyclic) bond motifs is 12. The Morgan fingerprint density at radius 3 is 1.93 bits per heavy atom. The summed E-state index contributed by atoms with van der Waals surface area (Å²) < 4.78 is 15.3. The molecule has 6 nitrogen and oxygen atoms in total. The highest BCUT2D eigenvalue weighted by atomic mass is 16.3. The third kappa shape index (κ3) is 4.77. The van der Waals surface area contributed by atoms with Crippen molar-refractivity contribution in [3.8, 4) is 39.9 Å². The summed E-state index contributed by atoms with van der Waals surface area (Å²) >= 11 is 0. The van der Waals surface area contributed by atoms with Gasteiger partial charge in [0.1, 0.15) is 22.3 Å². The first kappa shape index (κ1) is 32.3. The summed E-state index contributed by atoms with van der Waals surface area (Å²) in [5, 5.41) is 6.49. The molecule has 13 rings (SSSR count). The second kappa shape index (κ2) is 12.3. The lowest BCUT2D eigenvalue weighted by atomic mass is 9.75. The van der Waals surface area contributed by atoms with Gasteiger partial charge >= 0.3 is 0 Å². The zero-order valence-electron chi connectivity index (χ0n) is 31.6. The molecule has 0 bridgehead atoms. The maximum atomic E-state index is 6.92. The number of rotatable bonds is 4. The van der Waals surface area contributed by atoms with Gasteiger partial charge in [-0.1, -0.05) is 127 Å². The normalized spacial score (nSPS) is 13.9. The van der Waals surface area contributed by atoms with Crippen molar-refractivity contribution in [2.75, 3.05) is 0 Å². The third-order valence-electron chi connectivity index (χ3n) is 12.3. The molecule has 0 N–H and O–H groups in total. The molecule has 0 saturated carbocycles. The molecule has 0 fully saturated rings. The monoisotopic (exact) mass is 756 g/mol. The Hall–Kier alpha value is -7.83. The molecule has 0 saturated heterocycles. The van der Waals surface area contributed by atoms with Crippen molar-refractivity contribution in [2.24, 2.45) is 0 Å². The van der Waals surface area contributed by atoms with Crippen LogP contribution >= 0.6 is 0 Å². The maximum Gasteiger partial charge on any atom is 0.238 e. The average molecular weight is 757 g/mol. The molecule has 1 aliphatic rings. The van der Waals surface area contributed by atoms with Crippen molar-refractivity contribution in [1.82, 2.24) is 19.5 Å². The number of para-hydroxylation sites is 4. The minimum absolute atomic E-state index is 0.161. The van der Waals surface area contributed by atoms with E-state index < -0.39 is 0 Å². The van der Waals surface area contributed by atoms with Crippen LogP contribution in [0.2, 0.25) is 0 Å².